The van der Waals surface area contributed by atoms with E-state index in [1.165, 1.54) is 6.26 Å². The van der Waals surface area contributed by atoms with E-state index in [1.54, 1.807) is 12.1 Å². The third-order valence-corrected chi connectivity index (χ3v) is 4.40. The van der Waals surface area contributed by atoms with E-state index in [-0.39, 0.29) is 11.9 Å². The molecule has 0 radical (unpaired) electrons. The summed E-state index contributed by atoms with van der Waals surface area (Å²) in [5, 5.41) is 0. The summed E-state index contributed by atoms with van der Waals surface area (Å²) in [6.07, 6.45) is 4.36. The minimum atomic E-state index is -0.0513. The van der Waals surface area contributed by atoms with Gasteiger partial charge in [0.1, 0.15) is 0 Å². The highest BCUT2D eigenvalue weighted by molar-refractivity contribution is 5.92. The van der Waals surface area contributed by atoms with Crippen molar-refractivity contribution in [2.45, 2.75) is 25.3 Å². The van der Waals surface area contributed by atoms with Crippen LogP contribution in [0.3, 0.4) is 0 Å². The van der Waals surface area contributed by atoms with Crippen molar-refractivity contribution < 1.29 is 18.7 Å². The molecule has 0 bridgehead atoms. The molecule has 5 nitrogen and oxygen atoms in total. The number of furan rings is 1. The number of carbonyl (C=O) groups is 1. The van der Waals surface area contributed by atoms with Crippen LogP contribution in [-0.2, 0) is 0 Å². The first-order valence-electron chi connectivity index (χ1n) is 8.07. The molecule has 1 atom stereocenters. The number of nitrogens with zero attached hydrogens (tertiary/aromatic N) is 1. The van der Waals surface area contributed by atoms with Gasteiger partial charge in [0.2, 0.25) is 0 Å². The van der Waals surface area contributed by atoms with E-state index in [0.29, 0.717) is 19.0 Å². The van der Waals surface area contributed by atoms with Crippen molar-refractivity contribution in [1.29, 1.82) is 0 Å². The fraction of sp³-hybridized carbons (Fsp3) is 0.389. The highest BCUT2D eigenvalue weighted by Crippen LogP contribution is 2.38. The van der Waals surface area contributed by atoms with Crippen LogP contribution in [0.1, 0.15) is 41.4 Å². The van der Waals surface area contributed by atoms with Gasteiger partial charge in [-0.05, 0) is 42.7 Å². The van der Waals surface area contributed by atoms with Crippen LogP contribution in [0.25, 0.3) is 0 Å². The molecule has 1 aromatic carbocycles. The summed E-state index contributed by atoms with van der Waals surface area (Å²) in [5.41, 5.74) is 1.09. The molecule has 1 amide bonds. The lowest BCUT2D eigenvalue weighted by atomic mass is 10.0. The summed E-state index contributed by atoms with van der Waals surface area (Å²) in [7, 11) is 0. The van der Waals surface area contributed by atoms with E-state index in [1.807, 2.05) is 23.1 Å². The van der Waals surface area contributed by atoms with Gasteiger partial charge in [-0.3, -0.25) is 4.79 Å². The fourth-order valence-corrected chi connectivity index (χ4v) is 3.29. The Morgan fingerprint density at radius 1 is 1.09 bits per heavy atom. The molecule has 0 spiro atoms. The Morgan fingerprint density at radius 3 is 2.78 bits per heavy atom. The van der Waals surface area contributed by atoms with Crippen molar-refractivity contribution in [2.75, 3.05) is 19.8 Å². The molecule has 0 unspecified atom stereocenters. The van der Waals surface area contributed by atoms with Crippen molar-refractivity contribution >= 4 is 5.91 Å². The average Bonchev–Trinajstić information content (AvgIpc) is 3.22. The molecule has 1 fully saturated rings. The van der Waals surface area contributed by atoms with Crippen molar-refractivity contribution in [2.24, 2.45) is 0 Å². The second-order valence-corrected chi connectivity index (χ2v) is 5.89. The highest BCUT2D eigenvalue weighted by atomic mass is 16.5. The summed E-state index contributed by atoms with van der Waals surface area (Å²) < 4.78 is 16.7. The molecule has 120 valence electrons. The molecule has 4 rings (SSSR count). The second-order valence-electron chi connectivity index (χ2n) is 5.89. The van der Waals surface area contributed by atoms with E-state index >= 15 is 0 Å². The number of fused-ring (bicyclic) bond motifs is 1. The van der Waals surface area contributed by atoms with Crippen LogP contribution in [0, 0.1) is 0 Å². The molecule has 0 N–H and O–H groups in total. The lowest BCUT2D eigenvalue weighted by Crippen LogP contribution is -2.30. The standard InChI is InChI=1S/C18H19NO4/c20-18(16-5-2-9-22-16)19-8-1-4-14(19)13-6-7-15-17(12-13)23-11-3-10-21-15/h2,5-7,9,12,14H,1,3-4,8,10-11H2/t14-/m0/s1. The van der Waals surface area contributed by atoms with Gasteiger partial charge in [0.25, 0.3) is 5.91 Å². The van der Waals surface area contributed by atoms with E-state index in [9.17, 15) is 4.79 Å². The number of benzene rings is 1. The molecule has 23 heavy (non-hydrogen) atoms. The summed E-state index contributed by atoms with van der Waals surface area (Å²) in [5.74, 6) is 1.90. The Hall–Kier alpha value is -2.43. The fourth-order valence-electron chi connectivity index (χ4n) is 3.29. The van der Waals surface area contributed by atoms with Gasteiger partial charge >= 0.3 is 0 Å². The Bertz CT molecular complexity index is 695. The average molecular weight is 313 g/mol. The number of likely N-dealkylation sites (tertiary alicyclic amines) is 1. The number of hydrogen-bond acceptors (Lipinski definition) is 4. The molecule has 1 aromatic heterocycles. The van der Waals surface area contributed by atoms with E-state index in [2.05, 4.69) is 0 Å². The van der Waals surface area contributed by atoms with Gasteiger partial charge < -0.3 is 18.8 Å². The van der Waals surface area contributed by atoms with Crippen LogP contribution in [0.2, 0.25) is 0 Å². The quantitative estimate of drug-likeness (QED) is 0.852. The maximum Gasteiger partial charge on any atom is 0.290 e. The van der Waals surface area contributed by atoms with Gasteiger partial charge in [-0.1, -0.05) is 6.07 Å². The van der Waals surface area contributed by atoms with Crippen LogP contribution in [0.5, 0.6) is 11.5 Å². The maximum absolute atomic E-state index is 12.6. The molecule has 2 aromatic rings. The largest absolute Gasteiger partial charge is 0.490 e. The van der Waals surface area contributed by atoms with Crippen molar-refractivity contribution in [1.82, 2.24) is 4.90 Å². The SMILES string of the molecule is O=C(c1ccco1)N1CCC[C@H]1c1ccc2c(c1)OCCCO2. The van der Waals surface area contributed by atoms with E-state index < -0.39 is 0 Å². The van der Waals surface area contributed by atoms with Gasteiger partial charge in [0.15, 0.2) is 17.3 Å². The van der Waals surface area contributed by atoms with E-state index in [4.69, 9.17) is 13.9 Å². The second kappa shape index (κ2) is 5.99. The summed E-state index contributed by atoms with van der Waals surface area (Å²) in [6, 6.07) is 9.51. The molecule has 1 saturated heterocycles. The molecular formula is C18H19NO4. The van der Waals surface area contributed by atoms with Crippen LogP contribution < -0.4 is 9.47 Å². The lowest BCUT2D eigenvalue weighted by molar-refractivity contribution is 0.0703. The number of rotatable bonds is 2. The predicted molar refractivity (Wildman–Crippen MR) is 83.8 cm³/mol. The highest BCUT2D eigenvalue weighted by Gasteiger charge is 2.32. The summed E-state index contributed by atoms with van der Waals surface area (Å²) in [4.78, 5) is 14.5. The molecular weight excluding hydrogens is 294 g/mol. The van der Waals surface area contributed by atoms with Crippen LogP contribution in [0.4, 0.5) is 0 Å². The van der Waals surface area contributed by atoms with Gasteiger partial charge in [0, 0.05) is 13.0 Å². The smallest absolute Gasteiger partial charge is 0.290 e. The van der Waals surface area contributed by atoms with Crippen molar-refractivity contribution in [3.05, 3.63) is 47.9 Å². The van der Waals surface area contributed by atoms with Gasteiger partial charge in [0.05, 0.1) is 25.5 Å². The van der Waals surface area contributed by atoms with Gasteiger partial charge in [-0.2, -0.15) is 0 Å². The first-order chi connectivity index (χ1) is 11.3. The lowest BCUT2D eigenvalue weighted by Gasteiger charge is -2.24. The molecule has 2 aliphatic rings. The normalized spacial score (nSPS) is 20.3. The van der Waals surface area contributed by atoms with Crippen LogP contribution in [-0.4, -0.2) is 30.6 Å². The predicted octanol–water partition coefficient (Wildman–Crippen LogP) is 3.42. The number of carbonyl (C=O) groups excluding carboxylic acids is 1. The first kappa shape index (κ1) is 14.2. The number of amides is 1. The first-order valence-corrected chi connectivity index (χ1v) is 8.07. The third kappa shape index (κ3) is 2.67. The Morgan fingerprint density at radius 2 is 1.96 bits per heavy atom. The zero-order valence-electron chi connectivity index (χ0n) is 12.9. The Labute approximate surface area is 134 Å². The maximum atomic E-state index is 12.6. The van der Waals surface area contributed by atoms with Crippen molar-refractivity contribution in [3.63, 3.8) is 0 Å². The number of ether oxygens (including phenoxy) is 2. The topological polar surface area (TPSA) is 51.9 Å². The summed E-state index contributed by atoms with van der Waals surface area (Å²) >= 11 is 0. The van der Waals surface area contributed by atoms with Gasteiger partial charge in [-0.15, -0.1) is 0 Å². The monoisotopic (exact) mass is 313 g/mol. The minimum Gasteiger partial charge on any atom is -0.490 e. The number of hydrogen-bond donors (Lipinski definition) is 0. The zero-order valence-corrected chi connectivity index (χ0v) is 12.9. The van der Waals surface area contributed by atoms with Crippen LogP contribution in [0.15, 0.2) is 41.0 Å². The minimum absolute atomic E-state index is 0.0513. The summed E-state index contributed by atoms with van der Waals surface area (Å²) in [6.45, 7) is 2.09. The van der Waals surface area contributed by atoms with Crippen LogP contribution >= 0.6 is 0 Å². The molecule has 0 aliphatic carbocycles. The van der Waals surface area contributed by atoms with Crippen molar-refractivity contribution in [3.8, 4) is 11.5 Å². The van der Waals surface area contributed by atoms with E-state index in [0.717, 1.165) is 42.9 Å². The van der Waals surface area contributed by atoms with Gasteiger partial charge in [-0.25, -0.2) is 0 Å². The molecule has 3 heterocycles. The Kier molecular flexibility index (Phi) is 3.69. The third-order valence-electron chi connectivity index (χ3n) is 4.40. The zero-order chi connectivity index (χ0) is 15.6. The molecule has 0 saturated carbocycles. The Balaban J connectivity index is 1.61. The molecule has 5 heteroatoms. The molecule has 2 aliphatic heterocycles.